The summed E-state index contributed by atoms with van der Waals surface area (Å²) in [6.07, 6.45) is 0.740. The lowest BCUT2D eigenvalue weighted by Gasteiger charge is -2.19. The van der Waals surface area contributed by atoms with Crippen LogP contribution in [0.4, 0.5) is 14.6 Å². The van der Waals surface area contributed by atoms with Crippen LogP contribution in [0.5, 0.6) is 5.75 Å². The predicted octanol–water partition coefficient (Wildman–Crippen LogP) is 1.50. The van der Waals surface area contributed by atoms with Crippen LogP contribution in [0.1, 0.15) is 6.92 Å². The van der Waals surface area contributed by atoms with Crippen LogP contribution in [0.2, 0.25) is 0 Å². The van der Waals surface area contributed by atoms with Gasteiger partial charge in [-0.1, -0.05) is 0 Å². The average molecular weight is 232 g/mol. The fraction of sp³-hybridized carbons (Fsp3) is 0.500. The Morgan fingerprint density at radius 1 is 1.50 bits per heavy atom. The molecule has 1 rings (SSSR count). The average Bonchev–Trinajstić information content (AvgIpc) is 2.16. The molecule has 0 aliphatic rings. The number of hydrogen-bond donors (Lipinski definition) is 1. The van der Waals surface area contributed by atoms with Crippen LogP contribution in [-0.2, 0) is 0 Å². The first kappa shape index (κ1) is 12.6. The van der Waals surface area contributed by atoms with E-state index in [1.807, 2.05) is 0 Å². The molecule has 0 unspecified atom stereocenters. The fourth-order valence-electron chi connectivity index (χ4n) is 1.26. The maximum Gasteiger partial charge on any atom is 0.387 e. The second kappa shape index (κ2) is 5.60. The first-order valence-corrected chi connectivity index (χ1v) is 4.79. The molecule has 0 saturated carbocycles. The van der Waals surface area contributed by atoms with E-state index in [1.54, 1.807) is 24.9 Å². The van der Waals surface area contributed by atoms with Crippen LogP contribution in [0.15, 0.2) is 18.3 Å². The number of aliphatic hydroxyl groups is 1. The molecular formula is C10H14F2N2O2. The number of ether oxygens (including phenoxy) is 1. The predicted molar refractivity (Wildman–Crippen MR) is 55.8 cm³/mol. The maximum absolute atomic E-state index is 11.9. The Balaban J connectivity index is 2.63. The Hall–Kier alpha value is -1.43. The van der Waals surface area contributed by atoms with Crippen molar-refractivity contribution in [2.45, 2.75) is 19.6 Å². The summed E-state index contributed by atoms with van der Waals surface area (Å²) in [6, 6.07) is 2.97. The molecular weight excluding hydrogens is 218 g/mol. The molecule has 6 heteroatoms. The molecule has 1 atom stereocenters. The van der Waals surface area contributed by atoms with Gasteiger partial charge in [0.1, 0.15) is 11.6 Å². The SMILES string of the molecule is C[C@H](O)CN(C)c1ccc(OC(F)F)cn1. The van der Waals surface area contributed by atoms with E-state index in [9.17, 15) is 8.78 Å². The molecule has 90 valence electrons. The third-order valence-corrected chi connectivity index (χ3v) is 1.88. The van der Waals surface area contributed by atoms with Crippen molar-refractivity contribution in [2.24, 2.45) is 0 Å². The molecule has 1 aromatic heterocycles. The summed E-state index contributed by atoms with van der Waals surface area (Å²) in [6.45, 7) is -0.768. The highest BCUT2D eigenvalue weighted by Gasteiger charge is 2.07. The highest BCUT2D eigenvalue weighted by molar-refractivity contribution is 5.39. The number of alkyl halides is 2. The number of aromatic nitrogens is 1. The third kappa shape index (κ3) is 3.98. The molecule has 0 fully saturated rings. The summed E-state index contributed by atoms with van der Waals surface area (Å²) in [4.78, 5) is 5.66. The largest absolute Gasteiger partial charge is 0.433 e. The van der Waals surface area contributed by atoms with Gasteiger partial charge in [0.05, 0.1) is 12.3 Å². The van der Waals surface area contributed by atoms with Crippen molar-refractivity contribution in [2.75, 3.05) is 18.5 Å². The minimum Gasteiger partial charge on any atom is -0.433 e. The number of likely N-dealkylation sites (N-methyl/N-ethyl adjacent to an activating group) is 1. The number of pyridine rings is 1. The van der Waals surface area contributed by atoms with Crippen LogP contribution < -0.4 is 9.64 Å². The molecule has 0 saturated heterocycles. The molecule has 0 radical (unpaired) electrons. The summed E-state index contributed by atoms with van der Waals surface area (Å²) in [5.74, 6) is 0.603. The van der Waals surface area contributed by atoms with Crippen molar-refractivity contribution >= 4 is 5.82 Å². The van der Waals surface area contributed by atoms with E-state index in [0.29, 0.717) is 12.4 Å². The molecule has 1 aromatic rings. The van der Waals surface area contributed by atoms with Crippen molar-refractivity contribution in [3.63, 3.8) is 0 Å². The molecule has 0 amide bonds. The van der Waals surface area contributed by atoms with Crippen molar-refractivity contribution in [1.82, 2.24) is 4.98 Å². The Labute approximate surface area is 92.5 Å². The first-order chi connectivity index (χ1) is 7.49. The molecule has 0 aromatic carbocycles. The zero-order valence-electron chi connectivity index (χ0n) is 9.10. The summed E-state index contributed by atoms with van der Waals surface area (Å²) in [5.41, 5.74) is 0. The number of anilines is 1. The number of nitrogens with zero attached hydrogens (tertiary/aromatic N) is 2. The Morgan fingerprint density at radius 2 is 2.19 bits per heavy atom. The second-order valence-electron chi connectivity index (χ2n) is 3.46. The van der Waals surface area contributed by atoms with Gasteiger partial charge in [0.15, 0.2) is 0 Å². The lowest BCUT2D eigenvalue weighted by molar-refractivity contribution is -0.0500. The van der Waals surface area contributed by atoms with Gasteiger partial charge in [-0.05, 0) is 19.1 Å². The van der Waals surface area contributed by atoms with Crippen LogP contribution in [-0.4, -0.2) is 36.4 Å². The normalized spacial score (nSPS) is 12.6. The lowest BCUT2D eigenvalue weighted by atomic mass is 10.3. The van der Waals surface area contributed by atoms with Crippen LogP contribution >= 0.6 is 0 Å². The van der Waals surface area contributed by atoms with E-state index >= 15 is 0 Å². The smallest absolute Gasteiger partial charge is 0.387 e. The van der Waals surface area contributed by atoms with Gasteiger partial charge in [0.2, 0.25) is 0 Å². The lowest BCUT2D eigenvalue weighted by Crippen LogP contribution is -2.27. The first-order valence-electron chi connectivity index (χ1n) is 4.79. The standard InChI is InChI=1S/C10H14F2N2O2/c1-7(15)6-14(2)9-4-3-8(5-13-9)16-10(11)12/h3-5,7,10,15H,6H2,1-2H3/t7-/m0/s1. The maximum atomic E-state index is 11.9. The van der Waals surface area contributed by atoms with E-state index in [2.05, 4.69) is 9.72 Å². The number of halogens is 2. The topological polar surface area (TPSA) is 45.6 Å². The minimum atomic E-state index is -2.84. The van der Waals surface area contributed by atoms with Gasteiger partial charge in [-0.25, -0.2) is 4.98 Å². The molecule has 1 heterocycles. The molecule has 4 nitrogen and oxygen atoms in total. The van der Waals surface area contributed by atoms with E-state index < -0.39 is 12.7 Å². The number of hydrogen-bond acceptors (Lipinski definition) is 4. The van der Waals surface area contributed by atoms with Gasteiger partial charge in [-0.3, -0.25) is 0 Å². The number of rotatable bonds is 5. The second-order valence-corrected chi connectivity index (χ2v) is 3.46. The summed E-state index contributed by atoms with van der Waals surface area (Å²) < 4.78 is 27.9. The van der Waals surface area contributed by atoms with Gasteiger partial charge < -0.3 is 14.7 Å². The Kier molecular flexibility index (Phi) is 4.42. The molecule has 0 aliphatic heterocycles. The Bertz CT molecular complexity index is 317. The van der Waals surface area contributed by atoms with Gasteiger partial charge in [-0.15, -0.1) is 0 Å². The quantitative estimate of drug-likeness (QED) is 0.835. The van der Waals surface area contributed by atoms with Crippen molar-refractivity contribution in [3.05, 3.63) is 18.3 Å². The molecule has 0 spiro atoms. The molecule has 0 aliphatic carbocycles. The van der Waals surface area contributed by atoms with E-state index in [-0.39, 0.29) is 5.75 Å². The zero-order valence-corrected chi connectivity index (χ0v) is 9.10. The van der Waals surface area contributed by atoms with Gasteiger partial charge >= 0.3 is 6.61 Å². The molecule has 0 bridgehead atoms. The zero-order chi connectivity index (χ0) is 12.1. The minimum absolute atomic E-state index is 0.0178. The van der Waals surface area contributed by atoms with Crippen LogP contribution in [0, 0.1) is 0 Å². The van der Waals surface area contributed by atoms with Crippen LogP contribution in [0.25, 0.3) is 0 Å². The summed E-state index contributed by atoms with van der Waals surface area (Å²) >= 11 is 0. The van der Waals surface area contributed by atoms with Crippen LogP contribution in [0.3, 0.4) is 0 Å². The van der Waals surface area contributed by atoms with Gasteiger partial charge in [-0.2, -0.15) is 8.78 Å². The van der Waals surface area contributed by atoms with E-state index in [4.69, 9.17) is 5.11 Å². The number of aliphatic hydroxyl groups excluding tert-OH is 1. The Morgan fingerprint density at radius 3 is 2.62 bits per heavy atom. The molecule has 16 heavy (non-hydrogen) atoms. The fourth-order valence-corrected chi connectivity index (χ4v) is 1.26. The van der Waals surface area contributed by atoms with E-state index in [1.165, 1.54) is 12.3 Å². The van der Waals surface area contributed by atoms with Gasteiger partial charge in [0.25, 0.3) is 0 Å². The third-order valence-electron chi connectivity index (χ3n) is 1.88. The molecule has 1 N–H and O–H groups in total. The monoisotopic (exact) mass is 232 g/mol. The highest BCUT2D eigenvalue weighted by Crippen LogP contribution is 2.16. The highest BCUT2D eigenvalue weighted by atomic mass is 19.3. The van der Waals surface area contributed by atoms with Crippen molar-refractivity contribution in [1.29, 1.82) is 0 Å². The van der Waals surface area contributed by atoms with Crippen molar-refractivity contribution < 1.29 is 18.6 Å². The summed E-state index contributed by atoms with van der Waals surface area (Å²) in [7, 11) is 1.75. The van der Waals surface area contributed by atoms with Gasteiger partial charge in [0, 0.05) is 13.6 Å². The summed E-state index contributed by atoms with van der Waals surface area (Å²) in [5, 5.41) is 9.16. The van der Waals surface area contributed by atoms with E-state index in [0.717, 1.165) is 0 Å². The van der Waals surface area contributed by atoms with Crippen molar-refractivity contribution in [3.8, 4) is 5.75 Å².